The van der Waals surface area contributed by atoms with E-state index in [4.69, 9.17) is 4.52 Å². The first-order valence-electron chi connectivity index (χ1n) is 9.95. The van der Waals surface area contributed by atoms with E-state index in [2.05, 4.69) is 20.4 Å². The third kappa shape index (κ3) is 3.45. The Kier molecular flexibility index (Phi) is 4.71. The zero-order valence-electron chi connectivity index (χ0n) is 17.2. The van der Waals surface area contributed by atoms with E-state index < -0.39 is 10.0 Å². The topological polar surface area (TPSA) is 101 Å². The van der Waals surface area contributed by atoms with Crippen molar-refractivity contribution in [2.75, 3.05) is 11.9 Å². The highest BCUT2D eigenvalue weighted by atomic mass is 32.2. The Balaban J connectivity index is 1.44. The molecule has 1 aliphatic rings. The highest BCUT2D eigenvalue weighted by molar-refractivity contribution is 7.89. The van der Waals surface area contributed by atoms with Crippen molar-refractivity contribution in [3.63, 3.8) is 0 Å². The molecule has 0 unspecified atom stereocenters. The van der Waals surface area contributed by atoms with Gasteiger partial charge < -0.3 is 9.84 Å². The van der Waals surface area contributed by atoms with Crippen molar-refractivity contribution in [1.29, 1.82) is 0 Å². The van der Waals surface area contributed by atoms with E-state index >= 15 is 0 Å². The largest absolute Gasteiger partial charge is 0.360 e. The van der Waals surface area contributed by atoms with Crippen LogP contribution in [0.25, 0.3) is 10.9 Å². The molecule has 4 aromatic rings. The molecule has 0 saturated heterocycles. The molecule has 0 atom stereocenters. The summed E-state index contributed by atoms with van der Waals surface area (Å²) in [5, 5.41) is 8.19. The Bertz CT molecular complexity index is 1380. The maximum atomic E-state index is 13.2. The van der Waals surface area contributed by atoms with Crippen LogP contribution in [-0.2, 0) is 23.0 Å². The van der Waals surface area contributed by atoms with Crippen LogP contribution >= 0.6 is 0 Å². The minimum absolute atomic E-state index is 0.158. The van der Waals surface area contributed by atoms with Crippen LogP contribution in [0.1, 0.15) is 22.6 Å². The molecule has 0 amide bonds. The molecular formula is C22H21N5O3S. The standard InChI is InChI=1S/C22H21N5O3S/c1-14-21(15(2)30-26-14)31(28,29)27-10-8-19-17(13-27)7-9-23-22(19)25-18-11-16-5-3-4-6-20(16)24-12-18/h3-7,9,11-12H,8,10,13H2,1-2H3,(H,23,25). The highest BCUT2D eigenvalue weighted by Gasteiger charge is 2.34. The molecule has 0 radical (unpaired) electrons. The number of aryl methyl sites for hydroxylation is 2. The van der Waals surface area contributed by atoms with E-state index in [1.807, 2.05) is 36.4 Å². The minimum atomic E-state index is -3.69. The summed E-state index contributed by atoms with van der Waals surface area (Å²) in [6.45, 7) is 3.89. The van der Waals surface area contributed by atoms with E-state index in [-0.39, 0.29) is 11.4 Å². The SMILES string of the molecule is Cc1noc(C)c1S(=O)(=O)N1CCc2c(ccnc2Nc2cnc3ccccc3c2)C1. The summed E-state index contributed by atoms with van der Waals surface area (Å²) >= 11 is 0. The van der Waals surface area contributed by atoms with Gasteiger partial charge >= 0.3 is 0 Å². The molecule has 9 heteroatoms. The van der Waals surface area contributed by atoms with Crippen molar-refractivity contribution in [1.82, 2.24) is 19.4 Å². The Morgan fingerprint density at radius 1 is 1.13 bits per heavy atom. The third-order valence-electron chi connectivity index (χ3n) is 5.53. The van der Waals surface area contributed by atoms with Crippen molar-refractivity contribution < 1.29 is 12.9 Å². The Morgan fingerprint density at radius 2 is 1.97 bits per heavy atom. The highest BCUT2D eigenvalue weighted by Crippen LogP contribution is 2.31. The number of hydrogen-bond acceptors (Lipinski definition) is 7. The van der Waals surface area contributed by atoms with Gasteiger partial charge in [0.15, 0.2) is 5.76 Å². The van der Waals surface area contributed by atoms with Crippen LogP contribution in [0.3, 0.4) is 0 Å². The molecule has 0 fully saturated rings. The van der Waals surface area contributed by atoms with Gasteiger partial charge in [0.1, 0.15) is 16.4 Å². The van der Waals surface area contributed by atoms with Gasteiger partial charge in [-0.05, 0) is 44.0 Å². The van der Waals surface area contributed by atoms with Gasteiger partial charge in [-0.3, -0.25) is 4.98 Å². The number of benzene rings is 1. The first-order valence-corrected chi connectivity index (χ1v) is 11.4. The Morgan fingerprint density at radius 3 is 2.77 bits per heavy atom. The fourth-order valence-electron chi connectivity index (χ4n) is 4.03. The van der Waals surface area contributed by atoms with E-state index in [9.17, 15) is 8.42 Å². The number of fused-ring (bicyclic) bond motifs is 2. The zero-order chi connectivity index (χ0) is 21.6. The van der Waals surface area contributed by atoms with E-state index in [1.165, 1.54) is 4.31 Å². The number of nitrogens with zero attached hydrogens (tertiary/aromatic N) is 4. The van der Waals surface area contributed by atoms with Crippen molar-refractivity contribution >= 4 is 32.4 Å². The lowest BCUT2D eigenvalue weighted by Gasteiger charge is -2.29. The molecule has 0 saturated carbocycles. The Hall–Kier alpha value is -3.30. The summed E-state index contributed by atoms with van der Waals surface area (Å²) in [5.41, 5.74) is 4.08. The van der Waals surface area contributed by atoms with Gasteiger partial charge in [0.2, 0.25) is 10.0 Å². The molecule has 0 bridgehead atoms. The fourth-order valence-corrected chi connectivity index (χ4v) is 5.74. The second kappa shape index (κ2) is 7.44. The first kappa shape index (κ1) is 19.7. The van der Waals surface area contributed by atoms with Crippen LogP contribution in [0, 0.1) is 13.8 Å². The summed E-state index contributed by atoms with van der Waals surface area (Å²) in [4.78, 5) is 9.14. The number of aromatic nitrogens is 3. The number of pyridine rings is 2. The van der Waals surface area contributed by atoms with Gasteiger partial charge in [-0.15, -0.1) is 0 Å². The molecule has 158 valence electrons. The minimum Gasteiger partial charge on any atom is -0.360 e. The average Bonchev–Trinajstić information content (AvgIpc) is 3.12. The van der Waals surface area contributed by atoms with Crippen LogP contribution in [0.2, 0.25) is 0 Å². The molecule has 4 heterocycles. The van der Waals surface area contributed by atoms with Crippen molar-refractivity contribution in [3.05, 3.63) is 71.4 Å². The fraction of sp³-hybridized carbons (Fsp3) is 0.227. The maximum Gasteiger partial charge on any atom is 0.248 e. The number of para-hydroxylation sites is 1. The molecule has 8 nitrogen and oxygen atoms in total. The van der Waals surface area contributed by atoms with Crippen molar-refractivity contribution in [2.45, 2.75) is 31.7 Å². The molecule has 5 rings (SSSR count). The number of nitrogens with one attached hydrogen (secondary N) is 1. The predicted molar refractivity (Wildman–Crippen MR) is 117 cm³/mol. The lowest BCUT2D eigenvalue weighted by atomic mass is 10.0. The third-order valence-corrected chi connectivity index (χ3v) is 7.62. The smallest absolute Gasteiger partial charge is 0.248 e. The number of rotatable bonds is 4. The van der Waals surface area contributed by atoms with E-state index in [1.54, 1.807) is 26.2 Å². The summed E-state index contributed by atoms with van der Waals surface area (Å²) in [7, 11) is -3.69. The number of sulfonamides is 1. The van der Waals surface area contributed by atoms with Crippen LogP contribution < -0.4 is 5.32 Å². The first-order chi connectivity index (χ1) is 14.9. The quantitative estimate of drug-likeness (QED) is 0.521. The maximum absolute atomic E-state index is 13.2. The molecule has 1 N–H and O–H groups in total. The lowest BCUT2D eigenvalue weighted by Crippen LogP contribution is -2.36. The van der Waals surface area contributed by atoms with Crippen molar-refractivity contribution in [2.24, 2.45) is 0 Å². The second-order valence-corrected chi connectivity index (χ2v) is 9.46. The molecule has 0 aliphatic carbocycles. The van der Waals surface area contributed by atoms with Gasteiger partial charge in [-0.25, -0.2) is 13.4 Å². The summed E-state index contributed by atoms with van der Waals surface area (Å²) in [6.07, 6.45) is 4.03. The molecule has 31 heavy (non-hydrogen) atoms. The summed E-state index contributed by atoms with van der Waals surface area (Å²) in [5.74, 6) is 1.04. The molecular weight excluding hydrogens is 414 g/mol. The van der Waals surface area contributed by atoms with Gasteiger partial charge in [-0.2, -0.15) is 4.31 Å². The predicted octanol–water partition coefficient (Wildman–Crippen LogP) is 3.73. The van der Waals surface area contributed by atoms with E-state index in [0.29, 0.717) is 24.4 Å². The van der Waals surface area contributed by atoms with Gasteiger partial charge in [0.05, 0.1) is 17.4 Å². The summed E-state index contributed by atoms with van der Waals surface area (Å²) < 4.78 is 32.9. The average molecular weight is 436 g/mol. The van der Waals surface area contributed by atoms with E-state index in [0.717, 1.165) is 33.5 Å². The van der Waals surface area contributed by atoms with Crippen LogP contribution in [0.15, 0.2) is 58.2 Å². The second-order valence-electron chi connectivity index (χ2n) is 7.58. The number of anilines is 2. The normalized spacial score (nSPS) is 14.5. The lowest BCUT2D eigenvalue weighted by molar-refractivity contribution is 0.381. The molecule has 1 aliphatic heterocycles. The molecule has 0 spiro atoms. The monoisotopic (exact) mass is 435 g/mol. The van der Waals surface area contributed by atoms with Crippen LogP contribution in [0.4, 0.5) is 11.5 Å². The van der Waals surface area contributed by atoms with Crippen molar-refractivity contribution in [3.8, 4) is 0 Å². The molecule has 1 aromatic carbocycles. The van der Waals surface area contributed by atoms with Gasteiger partial charge in [0.25, 0.3) is 0 Å². The van der Waals surface area contributed by atoms with Gasteiger partial charge in [0, 0.05) is 30.2 Å². The van der Waals surface area contributed by atoms with Gasteiger partial charge in [-0.1, -0.05) is 23.4 Å². The zero-order valence-corrected chi connectivity index (χ0v) is 18.0. The number of hydrogen-bond donors (Lipinski definition) is 1. The molecule has 3 aromatic heterocycles. The summed E-state index contributed by atoms with van der Waals surface area (Å²) in [6, 6.07) is 11.8. The Labute approximate surface area is 180 Å². The van der Waals surface area contributed by atoms with Crippen LogP contribution in [0.5, 0.6) is 0 Å². The van der Waals surface area contributed by atoms with Crippen LogP contribution in [-0.4, -0.2) is 34.4 Å².